The first-order valence-electron chi connectivity index (χ1n) is 7.76. The van der Waals surface area contributed by atoms with Crippen LogP contribution in [0.25, 0.3) is 0 Å². The van der Waals surface area contributed by atoms with Gasteiger partial charge in [0.25, 0.3) is 5.91 Å². The maximum Gasteiger partial charge on any atom is 0.325 e. The minimum absolute atomic E-state index is 0.0282. The van der Waals surface area contributed by atoms with Gasteiger partial charge in [-0.2, -0.15) is 0 Å². The summed E-state index contributed by atoms with van der Waals surface area (Å²) in [6, 6.07) is -0.278. The number of amides is 3. The van der Waals surface area contributed by atoms with Crippen molar-refractivity contribution in [3.8, 4) is 0 Å². The SMILES string of the molecule is CCCC1CCC(CN)C(N2C(=O)NC(C)(C)C2=O)C1. The van der Waals surface area contributed by atoms with Crippen LogP contribution in [-0.2, 0) is 4.79 Å². The van der Waals surface area contributed by atoms with Gasteiger partial charge in [0.15, 0.2) is 0 Å². The van der Waals surface area contributed by atoms with Gasteiger partial charge in [0.2, 0.25) is 0 Å². The second kappa shape index (κ2) is 5.72. The Labute approximate surface area is 121 Å². The fourth-order valence-corrected chi connectivity index (χ4v) is 3.63. The number of carbonyl (C=O) groups is 2. The van der Waals surface area contributed by atoms with Crippen LogP contribution in [0.15, 0.2) is 0 Å². The Bertz CT molecular complexity index is 395. The molecule has 0 bridgehead atoms. The molecule has 1 aliphatic carbocycles. The van der Waals surface area contributed by atoms with Gasteiger partial charge in [0.1, 0.15) is 5.54 Å². The zero-order chi connectivity index (χ0) is 14.9. The molecule has 2 fully saturated rings. The highest BCUT2D eigenvalue weighted by molar-refractivity contribution is 6.06. The number of rotatable bonds is 4. The highest BCUT2D eigenvalue weighted by Crippen LogP contribution is 2.36. The number of hydrogen-bond acceptors (Lipinski definition) is 3. The fourth-order valence-electron chi connectivity index (χ4n) is 3.63. The molecule has 3 atom stereocenters. The van der Waals surface area contributed by atoms with E-state index in [1.807, 2.05) is 0 Å². The van der Waals surface area contributed by atoms with Crippen molar-refractivity contribution in [2.24, 2.45) is 17.6 Å². The van der Waals surface area contributed by atoms with E-state index >= 15 is 0 Å². The summed E-state index contributed by atoms with van der Waals surface area (Å²) in [5.41, 5.74) is 5.09. The number of nitrogens with one attached hydrogen (secondary N) is 1. The molecule has 20 heavy (non-hydrogen) atoms. The van der Waals surface area contributed by atoms with Crippen LogP contribution in [0, 0.1) is 11.8 Å². The molecular formula is C15H27N3O2. The monoisotopic (exact) mass is 281 g/mol. The van der Waals surface area contributed by atoms with E-state index in [0.29, 0.717) is 12.5 Å². The highest BCUT2D eigenvalue weighted by Gasteiger charge is 2.49. The van der Waals surface area contributed by atoms with Gasteiger partial charge in [-0.05, 0) is 51.5 Å². The Balaban J connectivity index is 2.18. The standard InChI is InChI=1S/C15H27N3O2/c1-4-5-10-6-7-11(9-16)12(8-10)18-13(19)15(2,3)17-14(18)20/h10-12H,4-9,16H2,1-3H3,(H,17,20). The summed E-state index contributed by atoms with van der Waals surface area (Å²) in [5.74, 6) is 0.743. The van der Waals surface area contributed by atoms with Crippen LogP contribution in [-0.4, -0.2) is 35.0 Å². The topological polar surface area (TPSA) is 75.4 Å². The number of carbonyl (C=O) groups excluding carboxylic acids is 2. The smallest absolute Gasteiger partial charge is 0.325 e. The van der Waals surface area contributed by atoms with Crippen molar-refractivity contribution < 1.29 is 9.59 Å². The second-order valence-corrected chi connectivity index (χ2v) is 6.76. The van der Waals surface area contributed by atoms with E-state index in [-0.39, 0.29) is 23.9 Å². The van der Waals surface area contributed by atoms with Crippen LogP contribution < -0.4 is 11.1 Å². The molecule has 0 radical (unpaired) electrons. The lowest BCUT2D eigenvalue weighted by Gasteiger charge is -2.39. The molecule has 1 heterocycles. The van der Waals surface area contributed by atoms with Crippen molar-refractivity contribution in [1.29, 1.82) is 0 Å². The zero-order valence-electron chi connectivity index (χ0n) is 12.8. The molecule has 114 valence electrons. The molecule has 2 aliphatic rings. The van der Waals surface area contributed by atoms with Crippen molar-refractivity contribution in [1.82, 2.24) is 10.2 Å². The highest BCUT2D eigenvalue weighted by atomic mass is 16.2. The first kappa shape index (κ1) is 15.3. The average molecular weight is 281 g/mol. The summed E-state index contributed by atoms with van der Waals surface area (Å²) < 4.78 is 0. The van der Waals surface area contributed by atoms with E-state index in [9.17, 15) is 9.59 Å². The molecule has 0 aromatic rings. The van der Waals surface area contributed by atoms with Crippen LogP contribution in [0.4, 0.5) is 4.79 Å². The summed E-state index contributed by atoms with van der Waals surface area (Å²) in [6.07, 6.45) is 5.41. The van der Waals surface area contributed by atoms with E-state index in [2.05, 4.69) is 12.2 Å². The predicted octanol–water partition coefficient (Wildman–Crippen LogP) is 1.86. The van der Waals surface area contributed by atoms with E-state index in [4.69, 9.17) is 5.73 Å². The Kier molecular flexibility index (Phi) is 4.37. The number of nitrogens with zero attached hydrogens (tertiary/aromatic N) is 1. The van der Waals surface area contributed by atoms with Crippen LogP contribution >= 0.6 is 0 Å². The molecule has 1 aliphatic heterocycles. The Hall–Kier alpha value is -1.10. The minimum Gasteiger partial charge on any atom is -0.330 e. The summed E-state index contributed by atoms with van der Waals surface area (Å²) in [4.78, 5) is 26.1. The molecule has 5 nitrogen and oxygen atoms in total. The summed E-state index contributed by atoms with van der Waals surface area (Å²) in [7, 11) is 0. The first-order valence-corrected chi connectivity index (χ1v) is 7.76. The molecule has 3 unspecified atom stereocenters. The molecule has 0 aromatic heterocycles. The second-order valence-electron chi connectivity index (χ2n) is 6.76. The van der Waals surface area contributed by atoms with Crippen molar-refractivity contribution in [2.45, 2.75) is 64.5 Å². The maximum atomic E-state index is 12.5. The number of imide groups is 1. The Morgan fingerprint density at radius 3 is 2.55 bits per heavy atom. The third-order valence-corrected chi connectivity index (χ3v) is 4.79. The third-order valence-electron chi connectivity index (χ3n) is 4.79. The lowest BCUT2D eigenvalue weighted by Crippen LogP contribution is -2.50. The van der Waals surface area contributed by atoms with Gasteiger partial charge in [0.05, 0.1) is 0 Å². The van der Waals surface area contributed by atoms with E-state index in [0.717, 1.165) is 19.3 Å². The van der Waals surface area contributed by atoms with E-state index in [1.165, 1.54) is 17.7 Å². The average Bonchev–Trinajstić information content (AvgIpc) is 2.58. The van der Waals surface area contributed by atoms with Gasteiger partial charge in [-0.15, -0.1) is 0 Å². The Morgan fingerprint density at radius 1 is 1.35 bits per heavy atom. The lowest BCUT2D eigenvalue weighted by molar-refractivity contribution is -0.133. The van der Waals surface area contributed by atoms with Crippen molar-refractivity contribution in [2.75, 3.05) is 6.54 Å². The van der Waals surface area contributed by atoms with Crippen LogP contribution in [0.1, 0.15) is 52.9 Å². The van der Waals surface area contributed by atoms with Gasteiger partial charge in [-0.3, -0.25) is 9.69 Å². The van der Waals surface area contributed by atoms with Gasteiger partial charge < -0.3 is 11.1 Å². The molecule has 0 aromatic carbocycles. The zero-order valence-corrected chi connectivity index (χ0v) is 12.8. The molecular weight excluding hydrogens is 254 g/mol. The van der Waals surface area contributed by atoms with Crippen molar-refractivity contribution >= 4 is 11.9 Å². The largest absolute Gasteiger partial charge is 0.330 e. The minimum atomic E-state index is -0.784. The molecule has 0 spiro atoms. The number of urea groups is 1. The van der Waals surface area contributed by atoms with Gasteiger partial charge in [-0.25, -0.2) is 4.79 Å². The lowest BCUT2D eigenvalue weighted by atomic mass is 9.76. The summed E-state index contributed by atoms with van der Waals surface area (Å²) in [6.45, 7) is 6.25. The summed E-state index contributed by atoms with van der Waals surface area (Å²) >= 11 is 0. The van der Waals surface area contributed by atoms with Crippen LogP contribution in [0.2, 0.25) is 0 Å². The molecule has 1 saturated heterocycles. The van der Waals surface area contributed by atoms with Crippen LogP contribution in [0.5, 0.6) is 0 Å². The molecule has 1 saturated carbocycles. The number of nitrogens with two attached hydrogens (primary N) is 1. The normalized spacial score (nSPS) is 33.4. The van der Waals surface area contributed by atoms with E-state index in [1.54, 1.807) is 13.8 Å². The molecule has 3 amide bonds. The van der Waals surface area contributed by atoms with Crippen LogP contribution in [0.3, 0.4) is 0 Å². The first-order chi connectivity index (χ1) is 9.40. The maximum absolute atomic E-state index is 12.5. The molecule has 2 rings (SSSR count). The quantitative estimate of drug-likeness (QED) is 0.772. The predicted molar refractivity (Wildman–Crippen MR) is 78.0 cm³/mol. The fraction of sp³-hybridized carbons (Fsp3) is 0.867. The van der Waals surface area contributed by atoms with Gasteiger partial charge in [0, 0.05) is 6.04 Å². The van der Waals surface area contributed by atoms with Crippen molar-refractivity contribution in [3.63, 3.8) is 0 Å². The van der Waals surface area contributed by atoms with Gasteiger partial charge in [-0.1, -0.05) is 19.8 Å². The van der Waals surface area contributed by atoms with Gasteiger partial charge >= 0.3 is 6.03 Å². The van der Waals surface area contributed by atoms with E-state index < -0.39 is 5.54 Å². The summed E-state index contributed by atoms with van der Waals surface area (Å²) in [5, 5.41) is 2.78. The third kappa shape index (κ3) is 2.68. The molecule has 3 N–H and O–H groups in total. The number of hydrogen-bond donors (Lipinski definition) is 2. The molecule has 5 heteroatoms. The Morgan fingerprint density at radius 2 is 2.05 bits per heavy atom. The van der Waals surface area contributed by atoms with Crippen molar-refractivity contribution in [3.05, 3.63) is 0 Å².